The fourth-order valence-corrected chi connectivity index (χ4v) is 4.00. The average Bonchev–Trinajstić information content (AvgIpc) is 3.18. The van der Waals surface area contributed by atoms with Crippen molar-refractivity contribution in [1.29, 1.82) is 0 Å². The average molecular weight is 395 g/mol. The molecule has 5 nitrogen and oxygen atoms in total. The maximum atomic E-state index is 5.51. The van der Waals surface area contributed by atoms with E-state index in [2.05, 4.69) is 59.3 Å². The van der Waals surface area contributed by atoms with Crippen LogP contribution in [0.15, 0.2) is 60.9 Å². The SMILES string of the molecule is CC(c1cccc2c1cnn2-c1ccc2ncccc2c1)N1CCOCC1.Cl. The molecule has 0 aliphatic carbocycles. The van der Waals surface area contributed by atoms with Gasteiger partial charge in [-0.3, -0.25) is 9.88 Å². The second-order valence-corrected chi connectivity index (χ2v) is 7.04. The first kappa shape index (κ1) is 18.9. The van der Waals surface area contributed by atoms with Gasteiger partial charge in [0.05, 0.1) is 36.1 Å². The molecule has 0 bridgehead atoms. The summed E-state index contributed by atoms with van der Waals surface area (Å²) in [5.74, 6) is 0. The summed E-state index contributed by atoms with van der Waals surface area (Å²) in [7, 11) is 0. The monoisotopic (exact) mass is 394 g/mol. The molecule has 1 fully saturated rings. The number of ether oxygens (including phenoxy) is 1. The zero-order chi connectivity index (χ0) is 18.2. The highest BCUT2D eigenvalue weighted by Crippen LogP contribution is 2.30. The van der Waals surface area contributed by atoms with Crippen LogP contribution in [0.5, 0.6) is 0 Å². The zero-order valence-electron chi connectivity index (χ0n) is 15.8. The summed E-state index contributed by atoms with van der Waals surface area (Å²) in [6.07, 6.45) is 3.82. The second kappa shape index (κ2) is 7.87. The molecular formula is C22H23ClN4O. The van der Waals surface area contributed by atoms with Gasteiger partial charge in [0, 0.05) is 36.1 Å². The van der Waals surface area contributed by atoms with Gasteiger partial charge in [0.2, 0.25) is 0 Å². The lowest BCUT2D eigenvalue weighted by Gasteiger charge is -2.32. The molecule has 2 aromatic heterocycles. The van der Waals surface area contributed by atoms with Gasteiger partial charge in [-0.15, -0.1) is 12.4 Å². The summed E-state index contributed by atoms with van der Waals surface area (Å²) < 4.78 is 7.53. The molecule has 1 unspecified atom stereocenters. The molecule has 5 rings (SSSR count). The van der Waals surface area contributed by atoms with Crippen molar-refractivity contribution in [2.45, 2.75) is 13.0 Å². The second-order valence-electron chi connectivity index (χ2n) is 7.04. The van der Waals surface area contributed by atoms with Gasteiger partial charge in [-0.1, -0.05) is 18.2 Å². The number of aromatic nitrogens is 3. The molecule has 6 heteroatoms. The molecule has 0 saturated carbocycles. The van der Waals surface area contributed by atoms with E-state index in [4.69, 9.17) is 9.84 Å². The molecule has 0 radical (unpaired) electrons. The van der Waals surface area contributed by atoms with Gasteiger partial charge >= 0.3 is 0 Å². The zero-order valence-corrected chi connectivity index (χ0v) is 16.6. The normalized spacial score (nSPS) is 16.2. The highest BCUT2D eigenvalue weighted by molar-refractivity contribution is 5.86. The van der Waals surface area contributed by atoms with Gasteiger partial charge in [0.15, 0.2) is 0 Å². The minimum absolute atomic E-state index is 0. The summed E-state index contributed by atoms with van der Waals surface area (Å²) in [6.45, 7) is 5.85. The molecule has 144 valence electrons. The highest BCUT2D eigenvalue weighted by Gasteiger charge is 2.21. The van der Waals surface area contributed by atoms with Gasteiger partial charge in [-0.25, -0.2) is 4.68 Å². The molecule has 0 N–H and O–H groups in total. The number of pyridine rings is 1. The van der Waals surface area contributed by atoms with Crippen LogP contribution in [0.1, 0.15) is 18.5 Å². The van der Waals surface area contributed by atoms with Crippen molar-refractivity contribution in [2.75, 3.05) is 26.3 Å². The number of fused-ring (bicyclic) bond motifs is 2. The number of rotatable bonds is 3. The van der Waals surface area contributed by atoms with Crippen LogP contribution in [0.4, 0.5) is 0 Å². The van der Waals surface area contributed by atoms with Crippen molar-refractivity contribution in [1.82, 2.24) is 19.7 Å². The number of nitrogens with zero attached hydrogens (tertiary/aromatic N) is 4. The van der Waals surface area contributed by atoms with Crippen molar-refractivity contribution in [3.8, 4) is 5.69 Å². The van der Waals surface area contributed by atoms with Crippen molar-refractivity contribution in [3.05, 3.63) is 66.5 Å². The van der Waals surface area contributed by atoms with E-state index in [-0.39, 0.29) is 12.4 Å². The fraction of sp³-hybridized carbons (Fsp3) is 0.273. The van der Waals surface area contributed by atoms with E-state index < -0.39 is 0 Å². The molecule has 0 amide bonds. The van der Waals surface area contributed by atoms with Crippen molar-refractivity contribution in [3.63, 3.8) is 0 Å². The Kier molecular flexibility index (Phi) is 5.31. The Hall–Kier alpha value is -2.47. The maximum absolute atomic E-state index is 5.51. The van der Waals surface area contributed by atoms with Crippen LogP contribution in [0, 0.1) is 0 Å². The molecular weight excluding hydrogens is 372 g/mol. The molecule has 1 saturated heterocycles. The lowest BCUT2D eigenvalue weighted by molar-refractivity contribution is 0.0201. The highest BCUT2D eigenvalue weighted by atomic mass is 35.5. The van der Waals surface area contributed by atoms with Gasteiger partial charge in [0.25, 0.3) is 0 Å². The van der Waals surface area contributed by atoms with Crippen molar-refractivity contribution < 1.29 is 4.74 Å². The quantitative estimate of drug-likeness (QED) is 0.517. The molecule has 2 aromatic carbocycles. The molecule has 28 heavy (non-hydrogen) atoms. The van der Waals surface area contributed by atoms with Crippen molar-refractivity contribution >= 4 is 34.2 Å². The summed E-state index contributed by atoms with van der Waals surface area (Å²) in [5.41, 5.74) is 4.51. The lowest BCUT2D eigenvalue weighted by atomic mass is 10.0. The predicted octanol–water partition coefficient (Wildman–Crippen LogP) is 4.39. The Bertz CT molecular complexity index is 1100. The van der Waals surface area contributed by atoms with Gasteiger partial charge in [-0.05, 0) is 42.8 Å². The van der Waals surface area contributed by atoms with E-state index in [1.54, 1.807) is 0 Å². The van der Waals surface area contributed by atoms with Crippen LogP contribution in [-0.2, 0) is 4.74 Å². The predicted molar refractivity (Wildman–Crippen MR) is 114 cm³/mol. The minimum atomic E-state index is 0. The summed E-state index contributed by atoms with van der Waals surface area (Å²) in [5, 5.41) is 7.05. The molecule has 1 aliphatic rings. The van der Waals surface area contributed by atoms with E-state index in [9.17, 15) is 0 Å². The summed E-state index contributed by atoms with van der Waals surface area (Å²) >= 11 is 0. The Balaban J connectivity index is 0.00000192. The van der Waals surface area contributed by atoms with Crippen LogP contribution in [0.3, 0.4) is 0 Å². The Labute approximate surface area is 170 Å². The van der Waals surface area contributed by atoms with Crippen LogP contribution in [0.2, 0.25) is 0 Å². The number of hydrogen-bond acceptors (Lipinski definition) is 4. The molecule has 0 spiro atoms. The Morgan fingerprint density at radius 2 is 1.89 bits per heavy atom. The number of benzene rings is 2. The topological polar surface area (TPSA) is 43.2 Å². The largest absolute Gasteiger partial charge is 0.379 e. The van der Waals surface area contributed by atoms with Gasteiger partial charge in [-0.2, -0.15) is 5.10 Å². The smallest absolute Gasteiger partial charge is 0.0744 e. The summed E-state index contributed by atoms with van der Waals surface area (Å²) in [6, 6.07) is 17.2. The fourth-order valence-electron chi connectivity index (χ4n) is 4.00. The first-order valence-corrected chi connectivity index (χ1v) is 9.45. The third kappa shape index (κ3) is 3.26. The first-order valence-electron chi connectivity index (χ1n) is 9.45. The Morgan fingerprint density at radius 1 is 1.04 bits per heavy atom. The molecule has 4 aromatic rings. The standard InChI is InChI=1S/C22H22N4O.ClH/c1-16(25-10-12-27-13-11-25)19-5-2-6-22-20(19)15-24-26(22)18-7-8-21-17(14-18)4-3-9-23-21;/h2-9,14-16H,10-13H2,1H3;1H. The van der Waals surface area contributed by atoms with E-state index in [1.165, 1.54) is 10.9 Å². The van der Waals surface area contributed by atoms with E-state index >= 15 is 0 Å². The first-order chi connectivity index (χ1) is 13.3. The van der Waals surface area contributed by atoms with Crippen molar-refractivity contribution in [2.24, 2.45) is 0 Å². The lowest BCUT2D eigenvalue weighted by Crippen LogP contribution is -2.38. The number of hydrogen-bond donors (Lipinski definition) is 0. The molecule has 1 aliphatic heterocycles. The van der Waals surface area contributed by atoms with Crippen LogP contribution in [-0.4, -0.2) is 46.0 Å². The molecule has 3 heterocycles. The van der Waals surface area contributed by atoms with Crippen LogP contribution >= 0.6 is 12.4 Å². The minimum Gasteiger partial charge on any atom is -0.379 e. The molecule has 1 atom stereocenters. The van der Waals surface area contributed by atoms with Gasteiger partial charge < -0.3 is 4.74 Å². The Morgan fingerprint density at radius 3 is 2.75 bits per heavy atom. The number of halogens is 1. The van der Waals surface area contributed by atoms with E-state index in [1.807, 2.05) is 23.1 Å². The van der Waals surface area contributed by atoms with Crippen LogP contribution < -0.4 is 0 Å². The third-order valence-corrected chi connectivity index (χ3v) is 5.52. The number of morpholine rings is 1. The van der Waals surface area contributed by atoms with E-state index in [0.29, 0.717) is 6.04 Å². The van der Waals surface area contributed by atoms with E-state index in [0.717, 1.165) is 48.4 Å². The third-order valence-electron chi connectivity index (χ3n) is 5.52. The maximum Gasteiger partial charge on any atom is 0.0744 e. The van der Waals surface area contributed by atoms with Crippen LogP contribution in [0.25, 0.3) is 27.5 Å². The van der Waals surface area contributed by atoms with Gasteiger partial charge in [0.1, 0.15) is 0 Å². The summed E-state index contributed by atoms with van der Waals surface area (Å²) in [4.78, 5) is 6.89.